The van der Waals surface area contributed by atoms with Gasteiger partial charge in [-0.3, -0.25) is 0 Å². The third kappa shape index (κ3) is 4.85. The zero-order valence-corrected chi connectivity index (χ0v) is 14.1. The summed E-state index contributed by atoms with van der Waals surface area (Å²) in [5.41, 5.74) is 3.84. The van der Waals surface area contributed by atoms with Gasteiger partial charge < -0.3 is 5.11 Å². The Labute approximate surface area is 125 Å². The van der Waals surface area contributed by atoms with Gasteiger partial charge in [0.05, 0.1) is 0 Å². The van der Waals surface area contributed by atoms with E-state index < -0.39 is 0 Å². The van der Waals surface area contributed by atoms with E-state index in [1.807, 2.05) is 6.07 Å². The van der Waals surface area contributed by atoms with Gasteiger partial charge in [0.25, 0.3) is 0 Å². The Morgan fingerprint density at radius 3 is 2.15 bits per heavy atom. The van der Waals surface area contributed by atoms with Crippen LogP contribution < -0.4 is 0 Å². The van der Waals surface area contributed by atoms with E-state index in [2.05, 4.69) is 40.7 Å². The molecule has 0 aliphatic rings. The van der Waals surface area contributed by atoms with E-state index in [-0.39, 0.29) is 5.41 Å². The van der Waals surface area contributed by atoms with Gasteiger partial charge in [-0.2, -0.15) is 0 Å². The van der Waals surface area contributed by atoms with Crippen molar-refractivity contribution in [2.45, 2.75) is 85.0 Å². The van der Waals surface area contributed by atoms with Crippen LogP contribution in [0.25, 0.3) is 0 Å². The first-order valence-electron chi connectivity index (χ1n) is 8.19. The van der Waals surface area contributed by atoms with Crippen molar-refractivity contribution in [2.24, 2.45) is 0 Å². The fraction of sp³-hybridized carbons (Fsp3) is 0.684. The highest BCUT2D eigenvalue weighted by Crippen LogP contribution is 2.36. The minimum atomic E-state index is 0.00759. The van der Waals surface area contributed by atoms with Crippen molar-refractivity contribution in [1.82, 2.24) is 0 Å². The van der Waals surface area contributed by atoms with E-state index in [0.717, 1.165) is 12.0 Å². The first-order valence-corrected chi connectivity index (χ1v) is 8.19. The average molecular weight is 276 g/mol. The summed E-state index contributed by atoms with van der Waals surface area (Å²) in [6.07, 6.45) is 9.01. The smallest absolute Gasteiger partial charge is 0.119 e. The molecule has 0 bridgehead atoms. The van der Waals surface area contributed by atoms with Gasteiger partial charge in [0.2, 0.25) is 0 Å². The normalized spacial score (nSPS) is 11.8. The summed E-state index contributed by atoms with van der Waals surface area (Å²) < 4.78 is 0. The lowest BCUT2D eigenvalue weighted by Crippen LogP contribution is -2.15. The molecule has 1 aromatic carbocycles. The lowest BCUT2D eigenvalue weighted by atomic mass is 9.80. The maximum Gasteiger partial charge on any atom is 0.119 e. The fourth-order valence-corrected chi connectivity index (χ4v) is 2.98. The second kappa shape index (κ2) is 7.71. The topological polar surface area (TPSA) is 20.2 Å². The summed E-state index contributed by atoms with van der Waals surface area (Å²) in [5.74, 6) is 0.462. The molecule has 1 heteroatoms. The fourth-order valence-electron chi connectivity index (χ4n) is 2.98. The molecule has 0 aromatic heterocycles. The minimum Gasteiger partial charge on any atom is -0.508 e. The Balaban J connectivity index is 2.71. The molecule has 114 valence electrons. The summed E-state index contributed by atoms with van der Waals surface area (Å²) in [5, 5.41) is 10.2. The third-order valence-electron chi connectivity index (χ3n) is 4.06. The predicted octanol–water partition coefficient (Wildman–Crippen LogP) is 5.90. The van der Waals surface area contributed by atoms with Crippen LogP contribution in [0.2, 0.25) is 0 Å². The molecule has 1 N–H and O–H groups in total. The molecule has 0 amide bonds. The molecule has 0 spiro atoms. The number of unbranched alkanes of at least 4 members (excludes halogenated alkanes) is 5. The maximum absolute atomic E-state index is 10.2. The highest BCUT2D eigenvalue weighted by atomic mass is 16.3. The second-order valence-electron chi connectivity index (χ2n) is 7.02. The van der Waals surface area contributed by atoms with Gasteiger partial charge in [-0.25, -0.2) is 0 Å². The van der Waals surface area contributed by atoms with Crippen LogP contribution >= 0.6 is 0 Å². The Kier molecular flexibility index (Phi) is 6.58. The minimum absolute atomic E-state index is 0.00759. The number of hydrogen-bond acceptors (Lipinski definition) is 1. The largest absolute Gasteiger partial charge is 0.508 e. The summed E-state index contributed by atoms with van der Waals surface area (Å²) >= 11 is 0. The molecule has 1 aromatic rings. The van der Waals surface area contributed by atoms with E-state index in [4.69, 9.17) is 0 Å². The molecule has 0 aliphatic heterocycles. The molecule has 0 atom stereocenters. The van der Waals surface area contributed by atoms with Crippen LogP contribution in [-0.2, 0) is 11.8 Å². The number of aryl methyl sites for hydroxylation is 1. The molecule has 0 saturated heterocycles. The number of aromatic hydroxyl groups is 1. The SMILES string of the molecule is CCCCCCCCc1c(C)ccc(O)c1C(C)(C)C. The van der Waals surface area contributed by atoms with E-state index in [1.165, 1.54) is 49.7 Å². The molecular weight excluding hydrogens is 244 g/mol. The molecular formula is C19H32O. The molecule has 1 rings (SSSR count). The number of phenols is 1. The standard InChI is InChI=1S/C19H32O/c1-6-7-8-9-10-11-12-16-15(2)13-14-17(20)18(16)19(3,4)5/h13-14,20H,6-12H2,1-5H3. The van der Waals surface area contributed by atoms with E-state index in [9.17, 15) is 5.11 Å². The van der Waals surface area contributed by atoms with Crippen molar-refractivity contribution >= 4 is 0 Å². The summed E-state index contributed by atoms with van der Waals surface area (Å²) in [7, 11) is 0. The van der Waals surface area contributed by atoms with Crippen molar-refractivity contribution in [3.63, 3.8) is 0 Å². The van der Waals surface area contributed by atoms with Gasteiger partial charge in [-0.05, 0) is 42.4 Å². The van der Waals surface area contributed by atoms with Crippen molar-refractivity contribution in [3.05, 3.63) is 28.8 Å². The summed E-state index contributed by atoms with van der Waals surface area (Å²) in [6.45, 7) is 11.0. The van der Waals surface area contributed by atoms with Gasteiger partial charge in [-0.1, -0.05) is 65.9 Å². The number of rotatable bonds is 7. The highest BCUT2D eigenvalue weighted by Gasteiger charge is 2.22. The number of hydrogen-bond donors (Lipinski definition) is 1. The first-order chi connectivity index (χ1) is 9.38. The Hall–Kier alpha value is -0.980. The number of phenolic OH excluding ortho intramolecular Hbond substituents is 1. The van der Waals surface area contributed by atoms with Crippen molar-refractivity contribution in [3.8, 4) is 5.75 Å². The molecule has 0 aliphatic carbocycles. The maximum atomic E-state index is 10.2. The molecule has 0 unspecified atom stereocenters. The number of benzene rings is 1. The molecule has 20 heavy (non-hydrogen) atoms. The van der Waals surface area contributed by atoms with Gasteiger partial charge in [0, 0.05) is 5.56 Å². The quantitative estimate of drug-likeness (QED) is 0.615. The van der Waals surface area contributed by atoms with Crippen molar-refractivity contribution in [2.75, 3.05) is 0 Å². The third-order valence-corrected chi connectivity index (χ3v) is 4.06. The van der Waals surface area contributed by atoms with E-state index in [0.29, 0.717) is 5.75 Å². The van der Waals surface area contributed by atoms with Gasteiger partial charge in [-0.15, -0.1) is 0 Å². The van der Waals surface area contributed by atoms with Crippen LogP contribution in [0.4, 0.5) is 0 Å². The Morgan fingerprint density at radius 2 is 1.55 bits per heavy atom. The van der Waals surface area contributed by atoms with Crippen molar-refractivity contribution in [1.29, 1.82) is 0 Å². The molecule has 1 nitrogen and oxygen atoms in total. The van der Waals surface area contributed by atoms with Gasteiger partial charge >= 0.3 is 0 Å². The van der Waals surface area contributed by atoms with Gasteiger partial charge in [0.15, 0.2) is 0 Å². The van der Waals surface area contributed by atoms with Crippen LogP contribution in [-0.4, -0.2) is 5.11 Å². The first kappa shape index (κ1) is 17.1. The van der Waals surface area contributed by atoms with E-state index in [1.54, 1.807) is 0 Å². The molecule has 0 heterocycles. The molecule has 0 radical (unpaired) electrons. The predicted molar refractivity (Wildman–Crippen MR) is 88.6 cm³/mol. The van der Waals surface area contributed by atoms with E-state index >= 15 is 0 Å². The molecule has 0 saturated carbocycles. The summed E-state index contributed by atoms with van der Waals surface area (Å²) in [6, 6.07) is 3.90. The summed E-state index contributed by atoms with van der Waals surface area (Å²) in [4.78, 5) is 0. The zero-order valence-electron chi connectivity index (χ0n) is 14.1. The second-order valence-corrected chi connectivity index (χ2v) is 7.02. The zero-order chi connectivity index (χ0) is 15.2. The van der Waals surface area contributed by atoms with Gasteiger partial charge in [0.1, 0.15) is 5.75 Å². The highest BCUT2D eigenvalue weighted by molar-refractivity contribution is 5.47. The van der Waals surface area contributed by atoms with Crippen LogP contribution in [0.1, 0.15) is 82.9 Å². The van der Waals surface area contributed by atoms with Crippen LogP contribution in [0, 0.1) is 6.92 Å². The Morgan fingerprint density at radius 1 is 0.950 bits per heavy atom. The van der Waals surface area contributed by atoms with Crippen LogP contribution in [0.5, 0.6) is 5.75 Å². The monoisotopic (exact) mass is 276 g/mol. The Bertz CT molecular complexity index is 413. The molecule has 0 fully saturated rings. The average Bonchev–Trinajstić information content (AvgIpc) is 2.36. The van der Waals surface area contributed by atoms with Crippen LogP contribution in [0.3, 0.4) is 0 Å². The lowest BCUT2D eigenvalue weighted by Gasteiger charge is -2.25. The van der Waals surface area contributed by atoms with Crippen LogP contribution in [0.15, 0.2) is 12.1 Å². The van der Waals surface area contributed by atoms with Crippen molar-refractivity contribution < 1.29 is 5.11 Å². The lowest BCUT2D eigenvalue weighted by molar-refractivity contribution is 0.443.